The van der Waals surface area contributed by atoms with E-state index in [9.17, 15) is 0 Å². The molecule has 0 amide bonds. The van der Waals surface area contributed by atoms with Crippen LogP contribution in [-0.4, -0.2) is 16.7 Å². The standard InChI is InChI=1S/C22H20N2O/c1-25-19-13-11-17(12-14-19)15-22(18-7-3-2-4-8-18)24-16-23-20-9-5-6-10-21(20)24/h2-14,16,22H,15H2,1H3. The molecule has 3 aromatic carbocycles. The predicted octanol–water partition coefficient (Wildman–Crippen LogP) is 4.88. The van der Waals surface area contributed by atoms with Gasteiger partial charge in [0, 0.05) is 0 Å². The van der Waals surface area contributed by atoms with Gasteiger partial charge in [0.1, 0.15) is 5.75 Å². The molecule has 0 aliphatic carbocycles. The molecule has 1 heterocycles. The Morgan fingerprint density at radius 1 is 0.880 bits per heavy atom. The van der Waals surface area contributed by atoms with E-state index in [1.807, 2.05) is 24.5 Å². The van der Waals surface area contributed by atoms with Crippen LogP contribution in [0.4, 0.5) is 0 Å². The number of imidazole rings is 1. The van der Waals surface area contributed by atoms with Gasteiger partial charge in [-0.3, -0.25) is 0 Å². The van der Waals surface area contributed by atoms with Gasteiger partial charge < -0.3 is 9.30 Å². The van der Waals surface area contributed by atoms with Gasteiger partial charge in [-0.05, 0) is 41.8 Å². The smallest absolute Gasteiger partial charge is 0.118 e. The first-order valence-electron chi connectivity index (χ1n) is 8.44. The number of para-hydroxylation sites is 2. The number of hydrogen-bond donors (Lipinski definition) is 0. The Morgan fingerprint density at radius 3 is 2.36 bits per heavy atom. The van der Waals surface area contributed by atoms with Crippen molar-refractivity contribution in [3.8, 4) is 5.75 Å². The maximum atomic E-state index is 5.27. The minimum absolute atomic E-state index is 0.196. The highest BCUT2D eigenvalue weighted by molar-refractivity contribution is 5.75. The third kappa shape index (κ3) is 3.13. The molecule has 0 radical (unpaired) electrons. The second-order valence-electron chi connectivity index (χ2n) is 6.12. The monoisotopic (exact) mass is 328 g/mol. The number of nitrogens with zero attached hydrogens (tertiary/aromatic N) is 2. The number of hydrogen-bond acceptors (Lipinski definition) is 2. The van der Waals surface area contributed by atoms with E-state index < -0.39 is 0 Å². The fourth-order valence-electron chi connectivity index (χ4n) is 3.26. The van der Waals surface area contributed by atoms with E-state index in [0.29, 0.717) is 0 Å². The molecule has 1 atom stereocenters. The molecule has 1 aromatic heterocycles. The van der Waals surface area contributed by atoms with Gasteiger partial charge in [0.25, 0.3) is 0 Å². The van der Waals surface area contributed by atoms with Crippen LogP contribution in [0.5, 0.6) is 5.75 Å². The lowest BCUT2D eigenvalue weighted by atomic mass is 9.98. The van der Waals surface area contributed by atoms with Crippen LogP contribution in [-0.2, 0) is 6.42 Å². The summed E-state index contributed by atoms with van der Waals surface area (Å²) in [5, 5.41) is 0. The van der Waals surface area contributed by atoms with Gasteiger partial charge >= 0.3 is 0 Å². The summed E-state index contributed by atoms with van der Waals surface area (Å²) in [6.45, 7) is 0. The second-order valence-corrected chi connectivity index (χ2v) is 6.12. The largest absolute Gasteiger partial charge is 0.497 e. The van der Waals surface area contributed by atoms with Crippen LogP contribution >= 0.6 is 0 Å². The van der Waals surface area contributed by atoms with E-state index in [1.165, 1.54) is 11.1 Å². The summed E-state index contributed by atoms with van der Waals surface area (Å²) in [6.07, 6.45) is 2.85. The van der Waals surface area contributed by atoms with Crippen molar-refractivity contribution >= 4 is 11.0 Å². The zero-order chi connectivity index (χ0) is 17.1. The number of benzene rings is 3. The van der Waals surface area contributed by atoms with E-state index in [4.69, 9.17) is 4.74 Å². The Morgan fingerprint density at radius 2 is 1.60 bits per heavy atom. The van der Waals surface area contributed by atoms with Crippen LogP contribution in [0.1, 0.15) is 17.2 Å². The molecule has 0 aliphatic rings. The molecule has 3 nitrogen and oxygen atoms in total. The van der Waals surface area contributed by atoms with Crippen molar-refractivity contribution in [2.45, 2.75) is 12.5 Å². The van der Waals surface area contributed by atoms with E-state index in [0.717, 1.165) is 23.2 Å². The average Bonchev–Trinajstić information content (AvgIpc) is 3.11. The minimum Gasteiger partial charge on any atom is -0.497 e. The zero-order valence-corrected chi connectivity index (χ0v) is 14.2. The van der Waals surface area contributed by atoms with Gasteiger partial charge in [0.2, 0.25) is 0 Å². The topological polar surface area (TPSA) is 27.1 Å². The van der Waals surface area contributed by atoms with E-state index in [2.05, 4.69) is 70.2 Å². The summed E-state index contributed by atoms with van der Waals surface area (Å²) in [5.74, 6) is 0.882. The Hall–Kier alpha value is -3.07. The first-order valence-corrected chi connectivity index (χ1v) is 8.44. The summed E-state index contributed by atoms with van der Waals surface area (Å²) in [7, 11) is 1.69. The molecule has 0 fully saturated rings. The lowest BCUT2D eigenvalue weighted by Crippen LogP contribution is -2.12. The number of rotatable bonds is 5. The van der Waals surface area contributed by atoms with Crippen LogP contribution in [0, 0.1) is 0 Å². The molecule has 0 saturated heterocycles. The number of fused-ring (bicyclic) bond motifs is 1. The summed E-state index contributed by atoms with van der Waals surface area (Å²) >= 11 is 0. The highest BCUT2D eigenvalue weighted by Gasteiger charge is 2.17. The first kappa shape index (κ1) is 15.5. The first-order chi connectivity index (χ1) is 12.3. The number of methoxy groups -OCH3 is 1. The van der Waals surface area contributed by atoms with Gasteiger partial charge in [-0.25, -0.2) is 4.98 Å². The summed E-state index contributed by atoms with van der Waals surface area (Å²) in [5.41, 5.74) is 4.73. The van der Waals surface area contributed by atoms with Crippen LogP contribution in [0.2, 0.25) is 0 Å². The third-order valence-corrected chi connectivity index (χ3v) is 4.59. The van der Waals surface area contributed by atoms with Crippen molar-refractivity contribution in [2.75, 3.05) is 7.11 Å². The molecular formula is C22H20N2O. The maximum absolute atomic E-state index is 5.27. The highest BCUT2D eigenvalue weighted by atomic mass is 16.5. The van der Waals surface area contributed by atoms with Crippen molar-refractivity contribution in [3.05, 3.63) is 96.3 Å². The van der Waals surface area contributed by atoms with E-state index in [-0.39, 0.29) is 6.04 Å². The minimum atomic E-state index is 0.196. The van der Waals surface area contributed by atoms with Crippen LogP contribution in [0.15, 0.2) is 85.2 Å². The van der Waals surface area contributed by atoms with Crippen LogP contribution in [0.25, 0.3) is 11.0 Å². The van der Waals surface area contributed by atoms with Gasteiger partial charge in [-0.1, -0.05) is 54.6 Å². The zero-order valence-electron chi connectivity index (χ0n) is 14.2. The summed E-state index contributed by atoms with van der Waals surface area (Å²) < 4.78 is 7.55. The molecule has 25 heavy (non-hydrogen) atoms. The Labute approximate surface area is 147 Å². The lowest BCUT2D eigenvalue weighted by molar-refractivity contribution is 0.414. The normalized spacial score (nSPS) is 12.2. The molecule has 0 spiro atoms. The summed E-state index contributed by atoms with van der Waals surface area (Å²) in [4.78, 5) is 4.58. The molecular weight excluding hydrogens is 308 g/mol. The van der Waals surface area contributed by atoms with E-state index in [1.54, 1.807) is 7.11 Å². The molecule has 4 rings (SSSR count). The fraction of sp³-hybridized carbons (Fsp3) is 0.136. The third-order valence-electron chi connectivity index (χ3n) is 4.59. The van der Waals surface area contributed by atoms with Gasteiger partial charge in [-0.2, -0.15) is 0 Å². The average molecular weight is 328 g/mol. The molecule has 4 aromatic rings. The Kier molecular flexibility index (Phi) is 4.21. The van der Waals surface area contributed by atoms with Gasteiger partial charge in [-0.15, -0.1) is 0 Å². The predicted molar refractivity (Wildman–Crippen MR) is 101 cm³/mol. The van der Waals surface area contributed by atoms with Crippen molar-refractivity contribution < 1.29 is 4.74 Å². The fourth-order valence-corrected chi connectivity index (χ4v) is 3.26. The second kappa shape index (κ2) is 6.81. The Bertz CT molecular complexity index is 958. The van der Waals surface area contributed by atoms with Crippen LogP contribution < -0.4 is 4.74 Å². The molecule has 1 unspecified atom stereocenters. The summed E-state index contributed by atoms with van der Waals surface area (Å²) in [6, 6.07) is 27.4. The molecule has 0 saturated carbocycles. The van der Waals surface area contributed by atoms with Gasteiger partial charge in [0.15, 0.2) is 0 Å². The quantitative estimate of drug-likeness (QED) is 0.522. The van der Waals surface area contributed by atoms with Crippen molar-refractivity contribution in [1.82, 2.24) is 9.55 Å². The highest BCUT2D eigenvalue weighted by Crippen LogP contribution is 2.27. The van der Waals surface area contributed by atoms with E-state index >= 15 is 0 Å². The molecule has 0 bridgehead atoms. The van der Waals surface area contributed by atoms with Crippen molar-refractivity contribution in [1.29, 1.82) is 0 Å². The van der Waals surface area contributed by atoms with Crippen molar-refractivity contribution in [3.63, 3.8) is 0 Å². The SMILES string of the molecule is COc1ccc(CC(c2ccccc2)n2cnc3ccccc32)cc1. The Balaban J connectivity index is 1.76. The maximum Gasteiger partial charge on any atom is 0.118 e. The van der Waals surface area contributed by atoms with Crippen LogP contribution in [0.3, 0.4) is 0 Å². The van der Waals surface area contributed by atoms with Crippen molar-refractivity contribution in [2.24, 2.45) is 0 Å². The van der Waals surface area contributed by atoms with Gasteiger partial charge in [0.05, 0.1) is 30.5 Å². The lowest BCUT2D eigenvalue weighted by Gasteiger charge is -2.20. The number of aromatic nitrogens is 2. The molecule has 124 valence electrons. The molecule has 0 N–H and O–H groups in total. The molecule has 3 heteroatoms. The number of ether oxygens (including phenoxy) is 1. The molecule has 0 aliphatic heterocycles.